The third-order valence-electron chi connectivity index (χ3n) is 12.0. The number of nitrogens with one attached hydrogen (secondary N) is 2. The van der Waals surface area contributed by atoms with Crippen LogP contribution in [0, 0.1) is 13.8 Å². The number of hydrogen-bond donors (Lipinski definition) is 2. The molecule has 0 spiro atoms. The van der Waals surface area contributed by atoms with Crippen molar-refractivity contribution in [2.24, 2.45) is 0 Å². The van der Waals surface area contributed by atoms with Crippen molar-refractivity contribution >= 4 is 23.5 Å². The molecule has 2 aromatic carbocycles. The number of hydrogen-bond acceptors (Lipinski definition) is 10. The maximum Gasteiger partial charge on any atom is 0.253 e. The molecule has 2 atom stereocenters. The number of anilines is 2. The lowest BCUT2D eigenvalue weighted by atomic mass is 10.0. The van der Waals surface area contributed by atoms with Gasteiger partial charge in [0.15, 0.2) is 0 Å². The number of ether oxygens (including phenoxy) is 4. The summed E-state index contributed by atoms with van der Waals surface area (Å²) in [6.07, 6.45) is 4.62. The maximum atomic E-state index is 11.8. The Morgan fingerprint density at radius 2 is 1.04 bits per heavy atom. The molecule has 0 bridgehead atoms. The Balaban J connectivity index is 0.000000146. The van der Waals surface area contributed by atoms with Crippen LogP contribution in [-0.4, -0.2) is 60.2 Å². The molecule has 4 aromatic rings. The van der Waals surface area contributed by atoms with Gasteiger partial charge in [0.05, 0.1) is 61.0 Å². The number of aryl methyl sites for hydroxylation is 2. The summed E-state index contributed by atoms with van der Waals surface area (Å²) in [7, 11) is 0. The van der Waals surface area contributed by atoms with E-state index in [9.17, 15) is 9.59 Å². The van der Waals surface area contributed by atoms with Crippen LogP contribution < -0.4 is 29.9 Å². The van der Waals surface area contributed by atoms with E-state index in [-0.39, 0.29) is 36.2 Å². The number of nitrogens with zero attached hydrogens (tertiary/aromatic N) is 4. The van der Waals surface area contributed by atoms with Crippen molar-refractivity contribution in [2.75, 3.05) is 36.0 Å². The summed E-state index contributed by atoms with van der Waals surface area (Å²) in [4.78, 5) is 37.8. The van der Waals surface area contributed by atoms with Crippen LogP contribution in [0.5, 0.6) is 11.5 Å². The Kier molecular flexibility index (Phi) is 9.79. The van der Waals surface area contributed by atoms with Gasteiger partial charge in [0, 0.05) is 51.9 Å². The first-order valence-electron chi connectivity index (χ1n) is 20.1. The van der Waals surface area contributed by atoms with Gasteiger partial charge in [-0.1, -0.05) is 12.1 Å². The van der Waals surface area contributed by atoms with Crippen molar-refractivity contribution < 1.29 is 28.5 Å². The molecule has 6 aliphatic rings. The van der Waals surface area contributed by atoms with E-state index >= 15 is 0 Å². The molecule has 6 aliphatic heterocycles. The predicted molar refractivity (Wildman–Crippen MR) is 211 cm³/mol. The summed E-state index contributed by atoms with van der Waals surface area (Å²) < 4.78 is 23.9. The van der Waals surface area contributed by atoms with Gasteiger partial charge in [-0.2, -0.15) is 0 Å². The van der Waals surface area contributed by atoms with E-state index < -0.39 is 0 Å². The van der Waals surface area contributed by atoms with Crippen LogP contribution in [0.15, 0.2) is 48.5 Å². The first-order valence-corrected chi connectivity index (χ1v) is 20.1. The Hall–Kier alpha value is -5.20. The summed E-state index contributed by atoms with van der Waals surface area (Å²) in [6.45, 7) is 14.3. The molecule has 2 fully saturated rings. The highest BCUT2D eigenvalue weighted by molar-refractivity contribution is 5.98. The van der Waals surface area contributed by atoms with E-state index in [1.807, 2.05) is 26.0 Å². The molecule has 10 rings (SSSR count). The van der Waals surface area contributed by atoms with Crippen molar-refractivity contribution in [2.45, 2.75) is 104 Å². The molecule has 0 saturated carbocycles. The normalized spacial score (nSPS) is 21.4. The fourth-order valence-corrected chi connectivity index (χ4v) is 8.82. The van der Waals surface area contributed by atoms with E-state index in [0.717, 1.165) is 109 Å². The molecule has 2 aromatic heterocycles. The molecule has 2 amide bonds. The van der Waals surface area contributed by atoms with Crippen LogP contribution in [0.3, 0.4) is 0 Å². The van der Waals surface area contributed by atoms with E-state index in [4.69, 9.17) is 28.9 Å². The fourth-order valence-electron chi connectivity index (χ4n) is 8.82. The number of piperidine rings is 2. The number of amides is 2. The lowest BCUT2D eigenvalue weighted by molar-refractivity contribution is 0.0794. The highest BCUT2D eigenvalue weighted by Crippen LogP contribution is 2.35. The molecule has 12 heteroatoms. The van der Waals surface area contributed by atoms with E-state index in [2.05, 4.69) is 70.7 Å². The van der Waals surface area contributed by atoms with Crippen LogP contribution in [0.4, 0.5) is 11.6 Å². The van der Waals surface area contributed by atoms with Gasteiger partial charge in [0.2, 0.25) is 0 Å². The minimum atomic E-state index is -0.0154. The van der Waals surface area contributed by atoms with Crippen LogP contribution in [0.2, 0.25) is 0 Å². The Labute approximate surface area is 327 Å². The van der Waals surface area contributed by atoms with E-state index in [1.54, 1.807) is 0 Å². The number of carbonyl (C=O) groups is 2. The zero-order valence-corrected chi connectivity index (χ0v) is 32.7. The van der Waals surface area contributed by atoms with Gasteiger partial charge in [-0.3, -0.25) is 9.59 Å². The number of aromatic nitrogens is 2. The zero-order valence-electron chi connectivity index (χ0n) is 32.7. The Morgan fingerprint density at radius 3 is 1.45 bits per heavy atom. The van der Waals surface area contributed by atoms with Gasteiger partial charge in [0.25, 0.3) is 11.8 Å². The summed E-state index contributed by atoms with van der Waals surface area (Å²) in [5.41, 5.74) is 10.3. The smallest absolute Gasteiger partial charge is 0.253 e. The zero-order chi connectivity index (χ0) is 38.5. The average molecular weight is 759 g/mol. The van der Waals surface area contributed by atoms with Crippen LogP contribution >= 0.6 is 0 Å². The second-order valence-corrected chi connectivity index (χ2v) is 15.8. The van der Waals surface area contributed by atoms with Crippen molar-refractivity contribution in [1.82, 2.24) is 20.6 Å². The summed E-state index contributed by atoms with van der Waals surface area (Å²) in [5, 5.41) is 5.70. The van der Waals surface area contributed by atoms with Gasteiger partial charge in [0.1, 0.15) is 35.3 Å². The SMILES string of the molecule is Cc1cc2c(nc1N1CCC(Oc3ccc4c(c3)CO[C@@H]4C)CC1)CNC2=O.Cc1cc2c(nc1N1CCC(Oc3ccc4c(c3)CO[C@H]4C)CC1)CNC2=O. The molecule has 0 aliphatic carbocycles. The number of benzene rings is 2. The number of carbonyl (C=O) groups excluding carboxylic acids is 2. The van der Waals surface area contributed by atoms with Crippen LogP contribution in [-0.2, 0) is 35.8 Å². The minimum absolute atomic E-state index is 0.0154. The summed E-state index contributed by atoms with van der Waals surface area (Å²) >= 11 is 0. The van der Waals surface area contributed by atoms with E-state index in [1.165, 1.54) is 22.3 Å². The molecular weight excluding hydrogens is 709 g/mol. The minimum Gasteiger partial charge on any atom is -0.490 e. The molecule has 56 heavy (non-hydrogen) atoms. The van der Waals surface area contributed by atoms with Gasteiger partial charge in [-0.15, -0.1) is 0 Å². The quantitative estimate of drug-likeness (QED) is 0.224. The largest absolute Gasteiger partial charge is 0.490 e. The molecule has 0 radical (unpaired) electrons. The monoisotopic (exact) mass is 758 g/mol. The van der Waals surface area contributed by atoms with Gasteiger partial charge >= 0.3 is 0 Å². The lowest BCUT2D eigenvalue weighted by Gasteiger charge is -2.34. The molecule has 12 nitrogen and oxygen atoms in total. The number of fused-ring (bicyclic) bond motifs is 4. The lowest BCUT2D eigenvalue weighted by Crippen LogP contribution is -2.39. The van der Waals surface area contributed by atoms with Crippen LogP contribution in [0.25, 0.3) is 0 Å². The molecule has 8 heterocycles. The summed E-state index contributed by atoms with van der Waals surface area (Å²) in [6, 6.07) is 16.6. The van der Waals surface area contributed by atoms with Gasteiger partial charge in [-0.05, 0) is 97.5 Å². The summed E-state index contributed by atoms with van der Waals surface area (Å²) in [5.74, 6) is 3.84. The van der Waals surface area contributed by atoms with Crippen molar-refractivity contribution in [3.8, 4) is 11.5 Å². The van der Waals surface area contributed by atoms with Crippen molar-refractivity contribution in [3.05, 3.63) is 104 Å². The molecule has 0 unspecified atom stereocenters. The topological polar surface area (TPSA) is 127 Å². The fraction of sp³-hybridized carbons (Fsp3) is 0.455. The molecule has 292 valence electrons. The highest BCUT2D eigenvalue weighted by atomic mass is 16.5. The predicted octanol–water partition coefficient (Wildman–Crippen LogP) is 6.54. The van der Waals surface area contributed by atoms with Crippen LogP contribution in [0.1, 0.15) is 117 Å². The number of rotatable bonds is 6. The Morgan fingerprint density at radius 1 is 0.625 bits per heavy atom. The highest BCUT2D eigenvalue weighted by Gasteiger charge is 2.29. The second kappa shape index (κ2) is 15.0. The average Bonchev–Trinajstić information content (AvgIpc) is 3.97. The first kappa shape index (κ1) is 36.4. The van der Waals surface area contributed by atoms with Gasteiger partial charge in [-0.25, -0.2) is 9.97 Å². The van der Waals surface area contributed by atoms with Gasteiger partial charge < -0.3 is 39.4 Å². The third-order valence-corrected chi connectivity index (χ3v) is 12.0. The first-order chi connectivity index (χ1) is 27.2. The third kappa shape index (κ3) is 7.16. The van der Waals surface area contributed by atoms with Crippen molar-refractivity contribution in [3.63, 3.8) is 0 Å². The maximum absolute atomic E-state index is 11.8. The molecule has 2 N–H and O–H groups in total. The standard InChI is InChI=1S/2C22H25N3O3/c2*1-13-9-19-20(11-23-22(19)26)24-21(13)25-7-5-16(6-8-25)28-17-3-4-18-14(2)27-12-15(18)10-17/h2*3-4,9-10,14,16H,5-8,11-12H2,1-2H3,(H,23,26)/t2*14-/m10/s1. The van der Waals surface area contributed by atoms with E-state index in [0.29, 0.717) is 26.3 Å². The number of pyridine rings is 2. The second-order valence-electron chi connectivity index (χ2n) is 15.8. The van der Waals surface area contributed by atoms with Crippen molar-refractivity contribution in [1.29, 1.82) is 0 Å². The molecular formula is C44H50N6O6. The molecule has 2 saturated heterocycles. The Bertz CT molecular complexity index is 2020.